The fourth-order valence-electron chi connectivity index (χ4n) is 0.895. The van der Waals surface area contributed by atoms with Crippen LogP contribution in [-0.4, -0.2) is 30.9 Å². The molecule has 0 fully saturated rings. The summed E-state index contributed by atoms with van der Waals surface area (Å²) >= 11 is 11.2. The van der Waals surface area contributed by atoms with E-state index in [1.54, 1.807) is 0 Å². The topological polar surface area (TPSA) is 115 Å². The molecule has 11 heteroatoms. The zero-order valence-corrected chi connectivity index (χ0v) is 11.3. The van der Waals surface area contributed by atoms with Gasteiger partial charge in [0, 0.05) is 5.69 Å². The van der Waals surface area contributed by atoms with Gasteiger partial charge < -0.3 is 5.32 Å². The summed E-state index contributed by atoms with van der Waals surface area (Å²) in [6.45, 7) is 0. The standard InChI is InChI=1S/C7H8Cl2N4O4S/c1-18(15,16)17-13(10)7(14)11-4-2-5(8)12-6(9)3-4/h2-3H,10H2,1H3,(H,11,12,14). The average Bonchev–Trinajstić information content (AvgIpc) is 2.12. The first-order chi connectivity index (χ1) is 8.17. The SMILES string of the molecule is CS(=O)(=O)ON(N)C(=O)Nc1cc(Cl)nc(Cl)c1. The Kier molecular flexibility index (Phi) is 4.71. The number of amides is 2. The number of hydrogen-bond donors (Lipinski definition) is 2. The normalized spacial score (nSPS) is 11.1. The summed E-state index contributed by atoms with van der Waals surface area (Å²) in [6, 6.07) is 1.55. The van der Waals surface area contributed by atoms with Gasteiger partial charge in [0.2, 0.25) is 0 Å². The van der Waals surface area contributed by atoms with Crippen molar-refractivity contribution < 1.29 is 17.5 Å². The highest BCUT2D eigenvalue weighted by Gasteiger charge is 2.16. The molecule has 2 amide bonds. The second-order valence-electron chi connectivity index (χ2n) is 3.04. The molecule has 3 N–H and O–H groups in total. The van der Waals surface area contributed by atoms with E-state index >= 15 is 0 Å². The first-order valence-corrected chi connectivity index (χ1v) is 6.83. The quantitative estimate of drug-likeness (QED) is 0.372. The number of carbonyl (C=O) groups excluding carboxylic acids is 1. The Labute approximate surface area is 113 Å². The summed E-state index contributed by atoms with van der Waals surface area (Å²) in [5.74, 6) is 5.07. The van der Waals surface area contributed by atoms with Gasteiger partial charge in [0.15, 0.2) is 0 Å². The van der Waals surface area contributed by atoms with E-state index in [1.807, 2.05) is 0 Å². The van der Waals surface area contributed by atoms with Crippen molar-refractivity contribution in [3.8, 4) is 0 Å². The minimum atomic E-state index is -3.90. The van der Waals surface area contributed by atoms with Gasteiger partial charge in [0.05, 0.1) is 6.26 Å². The van der Waals surface area contributed by atoms with Crippen molar-refractivity contribution in [2.75, 3.05) is 11.6 Å². The molecule has 1 rings (SSSR count). The van der Waals surface area contributed by atoms with Gasteiger partial charge in [-0.25, -0.2) is 15.6 Å². The Morgan fingerprint density at radius 3 is 2.39 bits per heavy atom. The molecule has 0 atom stereocenters. The first kappa shape index (κ1) is 14.9. The number of halogens is 2. The van der Waals surface area contributed by atoms with Crippen molar-refractivity contribution in [2.24, 2.45) is 5.84 Å². The van der Waals surface area contributed by atoms with E-state index in [2.05, 4.69) is 14.6 Å². The number of carbonyl (C=O) groups is 1. The lowest BCUT2D eigenvalue weighted by Crippen LogP contribution is -2.41. The van der Waals surface area contributed by atoms with Gasteiger partial charge in [-0.15, -0.1) is 9.46 Å². The zero-order chi connectivity index (χ0) is 13.9. The van der Waals surface area contributed by atoms with Crippen LogP contribution in [0.1, 0.15) is 0 Å². The molecule has 0 aliphatic rings. The third-order valence-corrected chi connectivity index (χ3v) is 2.25. The van der Waals surface area contributed by atoms with E-state index in [-0.39, 0.29) is 21.2 Å². The van der Waals surface area contributed by atoms with E-state index in [0.29, 0.717) is 0 Å². The molecule has 0 aromatic carbocycles. The van der Waals surface area contributed by atoms with E-state index in [4.69, 9.17) is 29.0 Å². The number of nitrogens with zero attached hydrogens (tertiary/aromatic N) is 2. The van der Waals surface area contributed by atoms with Crippen LogP contribution >= 0.6 is 23.2 Å². The zero-order valence-electron chi connectivity index (χ0n) is 8.92. The molecule has 0 spiro atoms. The van der Waals surface area contributed by atoms with E-state index in [0.717, 1.165) is 6.26 Å². The molecule has 0 bridgehead atoms. The van der Waals surface area contributed by atoms with Gasteiger partial charge in [0.25, 0.3) is 10.1 Å². The minimum absolute atomic E-state index is 0.0254. The fraction of sp³-hybridized carbons (Fsp3) is 0.143. The lowest BCUT2D eigenvalue weighted by molar-refractivity contribution is 0.000656. The maximum absolute atomic E-state index is 11.4. The van der Waals surface area contributed by atoms with E-state index < -0.39 is 16.1 Å². The second kappa shape index (κ2) is 5.67. The Morgan fingerprint density at radius 2 is 1.94 bits per heavy atom. The van der Waals surface area contributed by atoms with Gasteiger partial charge in [-0.1, -0.05) is 23.2 Å². The van der Waals surface area contributed by atoms with Gasteiger partial charge >= 0.3 is 6.03 Å². The number of urea groups is 1. The van der Waals surface area contributed by atoms with Crippen molar-refractivity contribution >= 4 is 45.0 Å². The van der Waals surface area contributed by atoms with Crippen molar-refractivity contribution in [1.29, 1.82) is 0 Å². The largest absolute Gasteiger partial charge is 0.362 e. The van der Waals surface area contributed by atoms with Crippen LogP contribution < -0.4 is 11.2 Å². The van der Waals surface area contributed by atoms with Crippen LogP contribution in [0.5, 0.6) is 0 Å². The molecule has 8 nitrogen and oxygen atoms in total. The predicted octanol–water partition coefficient (Wildman–Crippen LogP) is 0.987. The molecule has 0 saturated heterocycles. The van der Waals surface area contributed by atoms with Crippen LogP contribution in [0.25, 0.3) is 0 Å². The smallest absolute Gasteiger partial charge is 0.305 e. The number of pyridine rings is 1. The number of aromatic nitrogens is 1. The van der Waals surface area contributed by atoms with Crippen LogP contribution in [0.3, 0.4) is 0 Å². The Morgan fingerprint density at radius 1 is 1.44 bits per heavy atom. The first-order valence-electron chi connectivity index (χ1n) is 4.26. The number of nitrogens with two attached hydrogens (primary N) is 1. The highest BCUT2D eigenvalue weighted by Crippen LogP contribution is 2.18. The van der Waals surface area contributed by atoms with Crippen molar-refractivity contribution in [1.82, 2.24) is 10.2 Å². The van der Waals surface area contributed by atoms with Crippen LogP contribution in [-0.2, 0) is 14.4 Å². The number of nitrogens with one attached hydrogen (secondary N) is 1. The van der Waals surface area contributed by atoms with Crippen LogP contribution in [0.15, 0.2) is 12.1 Å². The van der Waals surface area contributed by atoms with Crippen LogP contribution in [0.4, 0.5) is 10.5 Å². The van der Waals surface area contributed by atoms with Crippen molar-refractivity contribution in [2.45, 2.75) is 0 Å². The summed E-state index contributed by atoms with van der Waals surface area (Å²) < 4.78 is 25.6. The molecule has 100 valence electrons. The molecule has 18 heavy (non-hydrogen) atoms. The molecule has 1 aromatic rings. The van der Waals surface area contributed by atoms with Crippen molar-refractivity contribution in [3.63, 3.8) is 0 Å². The molecule has 0 saturated carbocycles. The Balaban J connectivity index is 2.75. The number of rotatable bonds is 3. The highest BCUT2D eigenvalue weighted by atomic mass is 35.5. The van der Waals surface area contributed by atoms with Crippen LogP contribution in [0, 0.1) is 0 Å². The average molecular weight is 315 g/mol. The summed E-state index contributed by atoms with van der Waals surface area (Å²) in [5, 5.41) is 2.33. The van der Waals surface area contributed by atoms with E-state index in [9.17, 15) is 13.2 Å². The monoisotopic (exact) mass is 314 g/mol. The Bertz CT molecular complexity index is 544. The van der Waals surface area contributed by atoms with Gasteiger partial charge in [-0.05, 0) is 12.1 Å². The summed E-state index contributed by atoms with van der Waals surface area (Å²) in [5.41, 5.74) is 0.178. The van der Waals surface area contributed by atoms with Gasteiger partial charge in [-0.3, -0.25) is 0 Å². The molecule has 1 aromatic heterocycles. The summed E-state index contributed by atoms with van der Waals surface area (Å²) in [7, 11) is -3.90. The molecule has 0 radical (unpaired) electrons. The number of hydroxylamine groups is 1. The van der Waals surface area contributed by atoms with Gasteiger partial charge in [0.1, 0.15) is 10.3 Å². The number of hydrogen-bond acceptors (Lipinski definition) is 6. The number of hydrazine groups is 1. The van der Waals surface area contributed by atoms with Crippen molar-refractivity contribution in [3.05, 3.63) is 22.4 Å². The molecular weight excluding hydrogens is 307 g/mol. The molecule has 0 aliphatic heterocycles. The summed E-state index contributed by atoms with van der Waals surface area (Å²) in [4.78, 5) is 15.1. The van der Waals surface area contributed by atoms with E-state index in [1.165, 1.54) is 12.1 Å². The lowest BCUT2D eigenvalue weighted by atomic mass is 10.4. The Hall–Kier alpha value is -1.13. The highest BCUT2D eigenvalue weighted by molar-refractivity contribution is 7.85. The fourth-order valence-corrected chi connectivity index (χ4v) is 1.72. The van der Waals surface area contributed by atoms with Gasteiger partial charge in [-0.2, -0.15) is 8.42 Å². The molecule has 0 unspecified atom stereocenters. The summed E-state index contributed by atoms with van der Waals surface area (Å²) in [6.07, 6.45) is 0.736. The third-order valence-electron chi connectivity index (χ3n) is 1.43. The maximum atomic E-state index is 11.4. The van der Waals surface area contributed by atoms with Crippen LogP contribution in [0.2, 0.25) is 10.3 Å². The molecule has 1 heterocycles. The molecular formula is C7H8Cl2N4O4S. The maximum Gasteiger partial charge on any atom is 0.362 e. The minimum Gasteiger partial charge on any atom is -0.305 e. The second-order valence-corrected chi connectivity index (χ2v) is 5.37. The predicted molar refractivity (Wildman–Crippen MR) is 65.2 cm³/mol. The lowest BCUT2D eigenvalue weighted by Gasteiger charge is -2.14. The molecule has 0 aliphatic carbocycles. The third kappa shape index (κ3) is 5.02. The number of anilines is 1.